The van der Waals surface area contributed by atoms with E-state index in [4.69, 9.17) is 11.6 Å². The minimum Gasteiger partial charge on any atom is -0.338 e. The van der Waals surface area contributed by atoms with Crippen molar-refractivity contribution in [3.05, 3.63) is 47.5 Å². The van der Waals surface area contributed by atoms with Gasteiger partial charge < -0.3 is 5.32 Å². The van der Waals surface area contributed by atoms with Gasteiger partial charge in [-0.2, -0.15) is 18.3 Å². The maximum Gasteiger partial charge on any atom is 0.408 e. The van der Waals surface area contributed by atoms with Crippen molar-refractivity contribution in [3.8, 4) is 0 Å². The molecule has 0 aliphatic carbocycles. The first-order chi connectivity index (χ1) is 10.8. The molecule has 0 saturated carbocycles. The fourth-order valence-corrected chi connectivity index (χ4v) is 2.30. The summed E-state index contributed by atoms with van der Waals surface area (Å²) in [5.41, 5.74) is 0.687. The largest absolute Gasteiger partial charge is 0.408 e. The monoisotopic (exact) mass is 344 g/mol. The van der Waals surface area contributed by atoms with E-state index in [1.807, 2.05) is 0 Å². The Labute approximate surface area is 132 Å². The van der Waals surface area contributed by atoms with Crippen LogP contribution in [0, 0.1) is 5.82 Å². The molecule has 2 aromatic heterocycles. The van der Waals surface area contributed by atoms with E-state index in [0.717, 1.165) is 10.7 Å². The highest BCUT2D eigenvalue weighted by Gasteiger charge is 2.30. The van der Waals surface area contributed by atoms with Gasteiger partial charge in [0.1, 0.15) is 12.4 Å². The number of fused-ring (bicyclic) bond motifs is 1. The molecule has 0 atom stereocenters. The van der Waals surface area contributed by atoms with E-state index in [1.54, 1.807) is 0 Å². The van der Waals surface area contributed by atoms with Gasteiger partial charge in [-0.05, 0) is 24.3 Å². The molecule has 23 heavy (non-hydrogen) atoms. The van der Waals surface area contributed by atoms with Crippen LogP contribution >= 0.6 is 11.6 Å². The molecule has 0 fully saturated rings. The molecule has 0 unspecified atom stereocenters. The second-order valence-corrected chi connectivity index (χ2v) is 5.18. The molecule has 3 rings (SSSR count). The summed E-state index contributed by atoms with van der Waals surface area (Å²) in [5, 5.41) is 7.07. The van der Waals surface area contributed by atoms with Crippen LogP contribution < -0.4 is 5.32 Å². The molecule has 0 amide bonds. The van der Waals surface area contributed by atoms with Crippen LogP contribution in [0.25, 0.3) is 10.9 Å². The van der Waals surface area contributed by atoms with Crippen LogP contribution in [0.1, 0.15) is 0 Å². The minimum atomic E-state index is -4.40. The minimum absolute atomic E-state index is 0.104. The van der Waals surface area contributed by atoms with Crippen molar-refractivity contribution in [1.29, 1.82) is 0 Å². The lowest BCUT2D eigenvalue weighted by Gasteiger charge is -2.07. The van der Waals surface area contributed by atoms with Crippen molar-refractivity contribution in [2.75, 3.05) is 5.32 Å². The third-order valence-corrected chi connectivity index (χ3v) is 3.35. The number of alkyl halides is 3. The molecule has 2 heterocycles. The number of pyridine rings is 1. The molecule has 0 spiro atoms. The fourth-order valence-electron chi connectivity index (χ4n) is 2.12. The van der Waals surface area contributed by atoms with Gasteiger partial charge in [-0.25, -0.2) is 4.39 Å². The third kappa shape index (κ3) is 3.37. The van der Waals surface area contributed by atoms with Gasteiger partial charge in [0, 0.05) is 18.1 Å². The zero-order chi connectivity index (χ0) is 16.6. The lowest BCUT2D eigenvalue weighted by Crippen LogP contribution is -2.18. The summed E-state index contributed by atoms with van der Waals surface area (Å²) in [5.74, 6) is -0.411. The van der Waals surface area contributed by atoms with Crippen LogP contribution in [0.15, 0.2) is 36.7 Å². The first-order valence-corrected chi connectivity index (χ1v) is 6.80. The van der Waals surface area contributed by atoms with E-state index in [0.29, 0.717) is 11.1 Å². The number of halogens is 5. The summed E-state index contributed by atoms with van der Waals surface area (Å²) in [7, 11) is 0. The Hall–Kier alpha value is -2.35. The van der Waals surface area contributed by atoms with Crippen LogP contribution in [0.3, 0.4) is 0 Å². The van der Waals surface area contributed by atoms with Crippen LogP contribution in [0.2, 0.25) is 5.02 Å². The van der Waals surface area contributed by atoms with Gasteiger partial charge in [0.15, 0.2) is 5.82 Å². The molecular weight excluding hydrogens is 336 g/mol. The van der Waals surface area contributed by atoms with E-state index >= 15 is 0 Å². The van der Waals surface area contributed by atoms with Crippen molar-refractivity contribution in [2.24, 2.45) is 0 Å². The zero-order valence-corrected chi connectivity index (χ0v) is 12.2. The number of anilines is 2. The number of rotatable bonds is 3. The van der Waals surface area contributed by atoms with Gasteiger partial charge in [0.25, 0.3) is 0 Å². The smallest absolute Gasteiger partial charge is 0.338 e. The van der Waals surface area contributed by atoms with E-state index in [-0.39, 0.29) is 16.4 Å². The lowest BCUT2D eigenvalue weighted by molar-refractivity contribution is -0.141. The van der Waals surface area contributed by atoms with E-state index < -0.39 is 18.5 Å². The molecule has 1 N–H and O–H groups in total. The highest BCUT2D eigenvalue weighted by Crippen LogP contribution is 2.29. The molecule has 0 aliphatic heterocycles. The first-order valence-electron chi connectivity index (χ1n) is 6.43. The molecule has 0 bridgehead atoms. The van der Waals surface area contributed by atoms with Crippen LogP contribution in [0.4, 0.5) is 29.1 Å². The third-order valence-electron chi connectivity index (χ3n) is 3.06. The Bertz CT molecular complexity index is 860. The Kier molecular flexibility index (Phi) is 3.85. The molecule has 4 nitrogen and oxygen atoms in total. The summed E-state index contributed by atoms with van der Waals surface area (Å²) >= 11 is 5.69. The predicted octanol–water partition coefficient (Wildman–Crippen LogP) is 4.53. The molecule has 120 valence electrons. The van der Waals surface area contributed by atoms with Gasteiger partial charge in [-0.1, -0.05) is 11.6 Å². The number of nitrogens with zero attached hydrogens (tertiary/aromatic N) is 3. The Morgan fingerprint density at radius 2 is 2.00 bits per heavy atom. The van der Waals surface area contributed by atoms with E-state index in [9.17, 15) is 17.6 Å². The van der Waals surface area contributed by atoms with Gasteiger partial charge in [0.2, 0.25) is 0 Å². The molecule has 9 heteroatoms. The predicted molar refractivity (Wildman–Crippen MR) is 78.3 cm³/mol. The number of hydrogen-bond acceptors (Lipinski definition) is 3. The Balaban J connectivity index is 2.02. The van der Waals surface area contributed by atoms with E-state index in [1.165, 1.54) is 30.6 Å². The highest BCUT2D eigenvalue weighted by molar-refractivity contribution is 6.31. The SMILES string of the molecule is Fc1ccc(Nc2nn(CC(F)(F)F)c3ccncc23)cc1Cl. The standard InChI is InChI=1S/C14H9ClF4N4/c15-10-5-8(1-2-11(10)16)21-13-9-6-20-4-3-12(9)23(22-13)7-14(17,18)19/h1-6H,7H2,(H,21,22). The normalized spacial score (nSPS) is 11.9. The molecule has 1 aromatic carbocycles. The van der Waals surface area contributed by atoms with Crippen LogP contribution in [-0.4, -0.2) is 20.9 Å². The van der Waals surface area contributed by atoms with Crippen molar-refractivity contribution < 1.29 is 17.6 Å². The first kappa shape index (κ1) is 15.5. The number of aromatic nitrogens is 3. The van der Waals surface area contributed by atoms with Gasteiger partial charge >= 0.3 is 6.18 Å². The average molecular weight is 345 g/mol. The van der Waals surface area contributed by atoms with Crippen molar-refractivity contribution in [1.82, 2.24) is 14.8 Å². The van der Waals surface area contributed by atoms with Crippen molar-refractivity contribution in [3.63, 3.8) is 0 Å². The molecule has 3 aromatic rings. The molecule has 0 radical (unpaired) electrons. The maximum absolute atomic E-state index is 13.2. The number of hydrogen-bond donors (Lipinski definition) is 1. The van der Waals surface area contributed by atoms with Gasteiger partial charge in [-0.15, -0.1) is 0 Å². The molecule has 0 saturated heterocycles. The topological polar surface area (TPSA) is 42.7 Å². The Morgan fingerprint density at radius 3 is 2.70 bits per heavy atom. The summed E-state index contributed by atoms with van der Waals surface area (Å²) in [6, 6.07) is 5.32. The number of benzene rings is 1. The summed E-state index contributed by atoms with van der Waals surface area (Å²) in [4.78, 5) is 3.90. The summed E-state index contributed by atoms with van der Waals surface area (Å²) in [6.07, 6.45) is -1.61. The summed E-state index contributed by atoms with van der Waals surface area (Å²) in [6.45, 7) is -1.22. The summed E-state index contributed by atoms with van der Waals surface area (Å²) < 4.78 is 51.9. The van der Waals surface area contributed by atoms with Crippen molar-refractivity contribution >= 4 is 34.0 Å². The Morgan fingerprint density at radius 1 is 1.22 bits per heavy atom. The molecule has 0 aliphatic rings. The van der Waals surface area contributed by atoms with Gasteiger partial charge in [0.05, 0.1) is 15.9 Å². The van der Waals surface area contributed by atoms with Crippen LogP contribution in [0.5, 0.6) is 0 Å². The zero-order valence-electron chi connectivity index (χ0n) is 11.4. The maximum atomic E-state index is 13.2. The number of nitrogens with one attached hydrogen (secondary N) is 1. The van der Waals surface area contributed by atoms with Crippen molar-refractivity contribution in [2.45, 2.75) is 12.7 Å². The molecular formula is C14H9ClF4N4. The quantitative estimate of drug-likeness (QED) is 0.710. The van der Waals surface area contributed by atoms with Gasteiger partial charge in [-0.3, -0.25) is 9.67 Å². The lowest BCUT2D eigenvalue weighted by atomic mass is 10.3. The van der Waals surface area contributed by atoms with E-state index in [2.05, 4.69) is 15.4 Å². The fraction of sp³-hybridized carbons (Fsp3) is 0.143. The highest BCUT2D eigenvalue weighted by atomic mass is 35.5. The van der Waals surface area contributed by atoms with Crippen LogP contribution in [-0.2, 0) is 6.54 Å². The second-order valence-electron chi connectivity index (χ2n) is 4.77. The second kappa shape index (κ2) is 5.69. The average Bonchev–Trinajstić information content (AvgIpc) is 2.79.